The van der Waals surface area contributed by atoms with Gasteiger partial charge in [-0.15, -0.1) is 11.3 Å². The predicted molar refractivity (Wildman–Crippen MR) is 68.7 cm³/mol. The molecular formula is C11H16BrNOS. The van der Waals surface area contributed by atoms with Crippen LogP contribution in [-0.2, 0) is 0 Å². The minimum Gasteiger partial charge on any atom is -0.296 e. The maximum Gasteiger partial charge on any atom is 0.186 e. The molecule has 0 spiro atoms. The summed E-state index contributed by atoms with van der Waals surface area (Å²) in [6.45, 7) is 4.77. The lowest BCUT2D eigenvalue weighted by atomic mass is 10.2. The molecular weight excluding hydrogens is 274 g/mol. The van der Waals surface area contributed by atoms with Crippen molar-refractivity contribution in [1.29, 1.82) is 0 Å². The second-order valence-corrected chi connectivity index (χ2v) is 6.16. The van der Waals surface area contributed by atoms with Gasteiger partial charge in [-0.2, -0.15) is 0 Å². The van der Waals surface area contributed by atoms with Gasteiger partial charge in [0.05, 0.1) is 15.2 Å². The van der Waals surface area contributed by atoms with Crippen LogP contribution in [0.4, 0.5) is 0 Å². The number of carbonyl (C=O) groups excluding carboxylic acids is 1. The van der Waals surface area contributed by atoms with Gasteiger partial charge >= 0.3 is 0 Å². The number of nitrogens with zero attached hydrogens (tertiary/aromatic N) is 1. The van der Waals surface area contributed by atoms with Crippen molar-refractivity contribution >= 4 is 33.0 Å². The van der Waals surface area contributed by atoms with E-state index in [1.165, 1.54) is 11.3 Å². The van der Waals surface area contributed by atoms with E-state index >= 15 is 0 Å². The molecule has 1 aromatic rings. The van der Waals surface area contributed by atoms with E-state index in [1.807, 2.05) is 19.2 Å². The maximum atomic E-state index is 11.8. The molecule has 1 unspecified atom stereocenters. The first kappa shape index (κ1) is 12.9. The zero-order valence-electron chi connectivity index (χ0n) is 9.29. The standard InChI is InChI=1S/C11H16BrNOS/c1-4-8(2)13(3)7-9(14)10-5-6-11(12)15-10/h5-6,8H,4,7H2,1-3H3. The monoisotopic (exact) mass is 289 g/mol. The smallest absolute Gasteiger partial charge is 0.186 e. The van der Waals surface area contributed by atoms with Crippen molar-refractivity contribution in [1.82, 2.24) is 4.90 Å². The van der Waals surface area contributed by atoms with Gasteiger partial charge in [-0.25, -0.2) is 0 Å². The number of likely N-dealkylation sites (N-methyl/N-ethyl adjacent to an activating group) is 1. The van der Waals surface area contributed by atoms with Crippen LogP contribution in [0.5, 0.6) is 0 Å². The van der Waals surface area contributed by atoms with E-state index in [0.29, 0.717) is 12.6 Å². The predicted octanol–water partition coefficient (Wildman–Crippen LogP) is 3.42. The lowest BCUT2D eigenvalue weighted by molar-refractivity contribution is 0.0927. The van der Waals surface area contributed by atoms with Crippen molar-refractivity contribution in [2.24, 2.45) is 0 Å². The number of hydrogen-bond donors (Lipinski definition) is 0. The van der Waals surface area contributed by atoms with Crippen LogP contribution in [-0.4, -0.2) is 30.3 Å². The van der Waals surface area contributed by atoms with Gasteiger partial charge in [0.2, 0.25) is 0 Å². The summed E-state index contributed by atoms with van der Waals surface area (Å²) in [7, 11) is 1.99. The summed E-state index contributed by atoms with van der Waals surface area (Å²) in [5.41, 5.74) is 0. The molecule has 0 bridgehead atoms. The van der Waals surface area contributed by atoms with Crippen molar-refractivity contribution in [2.75, 3.05) is 13.6 Å². The molecule has 0 aromatic carbocycles. The topological polar surface area (TPSA) is 20.3 Å². The van der Waals surface area contributed by atoms with Gasteiger partial charge in [0, 0.05) is 6.04 Å². The van der Waals surface area contributed by atoms with Gasteiger partial charge in [0.15, 0.2) is 5.78 Å². The van der Waals surface area contributed by atoms with Crippen molar-refractivity contribution in [3.05, 3.63) is 20.8 Å². The van der Waals surface area contributed by atoms with Gasteiger partial charge < -0.3 is 0 Å². The lowest BCUT2D eigenvalue weighted by Gasteiger charge is -2.22. The Morgan fingerprint density at radius 3 is 2.73 bits per heavy atom. The average molecular weight is 290 g/mol. The normalized spacial score (nSPS) is 13.1. The highest BCUT2D eigenvalue weighted by molar-refractivity contribution is 9.11. The van der Waals surface area contributed by atoms with E-state index in [1.54, 1.807) is 0 Å². The molecule has 2 nitrogen and oxygen atoms in total. The number of carbonyl (C=O) groups is 1. The highest BCUT2D eigenvalue weighted by Crippen LogP contribution is 2.22. The summed E-state index contributed by atoms with van der Waals surface area (Å²) < 4.78 is 1.01. The summed E-state index contributed by atoms with van der Waals surface area (Å²) in [6.07, 6.45) is 1.07. The Hall–Kier alpha value is -0.190. The Balaban J connectivity index is 2.56. The summed E-state index contributed by atoms with van der Waals surface area (Å²) in [4.78, 5) is 14.8. The molecule has 0 fully saturated rings. The third-order valence-electron chi connectivity index (χ3n) is 2.58. The second kappa shape index (κ2) is 5.77. The SMILES string of the molecule is CCC(C)N(C)CC(=O)c1ccc(Br)s1. The summed E-state index contributed by atoms with van der Waals surface area (Å²) in [5.74, 6) is 0.202. The van der Waals surface area contributed by atoms with Gasteiger partial charge in [0.1, 0.15) is 0 Å². The van der Waals surface area contributed by atoms with E-state index in [4.69, 9.17) is 0 Å². The maximum absolute atomic E-state index is 11.8. The quantitative estimate of drug-likeness (QED) is 0.774. The van der Waals surface area contributed by atoms with Gasteiger partial charge in [0.25, 0.3) is 0 Å². The van der Waals surface area contributed by atoms with Crippen LogP contribution in [0.1, 0.15) is 29.9 Å². The number of Topliss-reactive ketones (excluding diaryl/α,β-unsaturated/α-hetero) is 1. The van der Waals surface area contributed by atoms with Crippen LogP contribution in [0, 0.1) is 0 Å². The van der Waals surface area contributed by atoms with E-state index in [0.717, 1.165) is 15.1 Å². The highest BCUT2D eigenvalue weighted by atomic mass is 79.9. The third kappa shape index (κ3) is 3.70. The molecule has 84 valence electrons. The largest absolute Gasteiger partial charge is 0.296 e. The molecule has 1 aromatic heterocycles. The molecule has 0 saturated carbocycles. The van der Waals surface area contributed by atoms with Crippen LogP contribution >= 0.6 is 27.3 Å². The zero-order chi connectivity index (χ0) is 11.4. The van der Waals surface area contributed by atoms with Crippen molar-refractivity contribution in [3.63, 3.8) is 0 Å². The van der Waals surface area contributed by atoms with Crippen LogP contribution in [0.2, 0.25) is 0 Å². The van der Waals surface area contributed by atoms with Crippen LogP contribution in [0.25, 0.3) is 0 Å². The Kier molecular flexibility index (Phi) is 4.96. The molecule has 1 atom stereocenters. The van der Waals surface area contributed by atoms with E-state index < -0.39 is 0 Å². The first-order chi connectivity index (χ1) is 7.04. The number of hydrogen-bond acceptors (Lipinski definition) is 3. The van der Waals surface area contributed by atoms with Crippen LogP contribution in [0.3, 0.4) is 0 Å². The molecule has 4 heteroatoms. The summed E-state index contributed by atoms with van der Waals surface area (Å²) in [5, 5.41) is 0. The Morgan fingerprint density at radius 2 is 2.27 bits per heavy atom. The summed E-state index contributed by atoms with van der Waals surface area (Å²) >= 11 is 4.86. The van der Waals surface area contributed by atoms with Crippen LogP contribution in [0.15, 0.2) is 15.9 Å². The first-order valence-electron chi connectivity index (χ1n) is 5.03. The molecule has 1 heterocycles. The first-order valence-corrected chi connectivity index (χ1v) is 6.64. The number of rotatable bonds is 5. The zero-order valence-corrected chi connectivity index (χ0v) is 11.7. The van der Waals surface area contributed by atoms with Crippen LogP contribution < -0.4 is 0 Å². The molecule has 0 aliphatic carbocycles. The van der Waals surface area contributed by atoms with Gasteiger partial charge in [-0.05, 0) is 48.5 Å². The minimum absolute atomic E-state index is 0.202. The third-order valence-corrected chi connectivity index (χ3v) is 4.25. The number of ketones is 1. The van der Waals surface area contributed by atoms with Crippen molar-refractivity contribution in [2.45, 2.75) is 26.3 Å². The molecule has 0 amide bonds. The van der Waals surface area contributed by atoms with Crippen molar-refractivity contribution in [3.8, 4) is 0 Å². The minimum atomic E-state index is 0.202. The van der Waals surface area contributed by atoms with E-state index in [-0.39, 0.29) is 5.78 Å². The second-order valence-electron chi connectivity index (χ2n) is 3.70. The Bertz CT molecular complexity index is 337. The molecule has 0 radical (unpaired) electrons. The molecule has 0 saturated heterocycles. The van der Waals surface area contributed by atoms with Gasteiger partial charge in [-0.3, -0.25) is 9.69 Å². The molecule has 0 aliphatic heterocycles. The fourth-order valence-electron chi connectivity index (χ4n) is 1.24. The molecule has 0 N–H and O–H groups in total. The highest BCUT2D eigenvalue weighted by Gasteiger charge is 2.14. The fourth-order valence-corrected chi connectivity index (χ4v) is 2.55. The molecule has 15 heavy (non-hydrogen) atoms. The molecule has 1 rings (SSSR count). The van der Waals surface area contributed by atoms with E-state index in [2.05, 4.69) is 34.7 Å². The average Bonchev–Trinajstić information content (AvgIpc) is 2.63. The summed E-state index contributed by atoms with van der Waals surface area (Å²) in [6, 6.07) is 4.25. The van der Waals surface area contributed by atoms with Crippen molar-refractivity contribution < 1.29 is 4.79 Å². The lowest BCUT2D eigenvalue weighted by Crippen LogP contribution is -2.33. The molecule has 0 aliphatic rings. The fraction of sp³-hybridized carbons (Fsp3) is 0.545. The Morgan fingerprint density at radius 1 is 1.60 bits per heavy atom. The Labute approximate surface area is 103 Å². The number of halogens is 1. The van der Waals surface area contributed by atoms with E-state index in [9.17, 15) is 4.79 Å². The van der Waals surface area contributed by atoms with Gasteiger partial charge in [-0.1, -0.05) is 6.92 Å². The number of thiophene rings is 1.